The second kappa shape index (κ2) is 11.4. The van der Waals surface area contributed by atoms with Crippen molar-refractivity contribution in [3.8, 4) is 5.88 Å². The van der Waals surface area contributed by atoms with Crippen LogP contribution < -0.4 is 10.2 Å². The van der Waals surface area contributed by atoms with E-state index in [1.54, 1.807) is 22.8 Å². The summed E-state index contributed by atoms with van der Waals surface area (Å²) in [6.45, 7) is 4.55. The van der Waals surface area contributed by atoms with E-state index in [1.165, 1.54) is 12.1 Å². The number of azo groups is 1. The van der Waals surface area contributed by atoms with Gasteiger partial charge < -0.3 is 15.3 Å². The van der Waals surface area contributed by atoms with Crippen LogP contribution >= 0.6 is 23.8 Å². The summed E-state index contributed by atoms with van der Waals surface area (Å²) in [6.07, 6.45) is -4.38. The Hall–Kier alpha value is -3.67. The smallest absolute Gasteiger partial charge is 0.416 e. The molecule has 12 heteroatoms. The third-order valence-electron chi connectivity index (χ3n) is 6.92. The number of hydrogen-bond donors (Lipinski definition) is 2. The Morgan fingerprint density at radius 1 is 1.02 bits per heavy atom. The molecule has 40 heavy (non-hydrogen) atoms. The second-order valence-corrected chi connectivity index (χ2v) is 10.2. The van der Waals surface area contributed by atoms with Crippen molar-refractivity contribution in [2.45, 2.75) is 19.8 Å². The average Bonchev–Trinajstić information content (AvgIpc) is 3.20. The highest BCUT2D eigenvalue weighted by Crippen LogP contribution is 2.39. The number of fused-ring (bicyclic) bond motifs is 1. The normalized spacial score (nSPS) is 14.8. The minimum absolute atomic E-state index is 0.0491. The summed E-state index contributed by atoms with van der Waals surface area (Å²) in [5.74, 6) is -0.0491. The summed E-state index contributed by atoms with van der Waals surface area (Å²) in [6, 6.07) is 18.3. The van der Waals surface area contributed by atoms with Gasteiger partial charge in [0.25, 0.3) is 0 Å². The monoisotopic (exact) mass is 586 g/mol. The molecule has 1 saturated heterocycles. The topological polar surface area (TPSA) is 68.4 Å². The number of aromatic hydroxyl groups is 1. The maximum absolute atomic E-state index is 13.2. The number of hydrogen-bond acceptors (Lipinski definition) is 5. The maximum Gasteiger partial charge on any atom is 0.416 e. The Labute approximate surface area is 239 Å². The molecule has 0 saturated carbocycles. The number of nitrogens with zero attached hydrogens (tertiary/aromatic N) is 5. The third kappa shape index (κ3) is 5.91. The van der Waals surface area contributed by atoms with Gasteiger partial charge in [-0.15, -0.1) is 10.2 Å². The van der Waals surface area contributed by atoms with Gasteiger partial charge in [-0.2, -0.15) is 13.2 Å². The molecule has 3 aromatic carbocycles. The predicted octanol–water partition coefficient (Wildman–Crippen LogP) is 7.59. The van der Waals surface area contributed by atoms with Crippen LogP contribution in [-0.4, -0.2) is 45.9 Å². The number of benzene rings is 3. The molecule has 5 rings (SSSR count). The van der Waals surface area contributed by atoms with Gasteiger partial charge in [-0.1, -0.05) is 41.9 Å². The van der Waals surface area contributed by atoms with Gasteiger partial charge in [-0.05, 0) is 61.1 Å². The average molecular weight is 587 g/mol. The first-order chi connectivity index (χ1) is 19.1. The molecule has 0 radical (unpaired) electrons. The molecule has 1 aliphatic heterocycles. The zero-order valence-corrected chi connectivity index (χ0v) is 23.1. The molecule has 2 N–H and O–H groups in total. The highest BCUT2D eigenvalue weighted by molar-refractivity contribution is 7.80. The maximum atomic E-state index is 13.2. The van der Waals surface area contributed by atoms with Gasteiger partial charge in [0.1, 0.15) is 0 Å². The molecule has 1 aliphatic rings. The first kappa shape index (κ1) is 27.9. The molecule has 2 heterocycles. The zero-order valence-electron chi connectivity index (χ0n) is 21.5. The van der Waals surface area contributed by atoms with E-state index < -0.39 is 11.7 Å². The fraction of sp³-hybridized carbons (Fsp3) is 0.250. The molecule has 4 aromatic rings. The SMILES string of the molecule is Cc1c(Cl)cccc1NC(=S)N=Nc1c(O)n(CN2CCN(c3cccc(C(F)(F)F)c3)CC2)c2ccccc12. The molecular weight excluding hydrogens is 561 g/mol. The molecule has 1 aromatic heterocycles. The number of halogens is 4. The number of thiocarbonyl (C=S) groups is 1. The number of piperazine rings is 1. The minimum atomic E-state index is -4.38. The van der Waals surface area contributed by atoms with Crippen LogP contribution in [0, 0.1) is 6.92 Å². The number of alkyl halides is 3. The van der Waals surface area contributed by atoms with E-state index >= 15 is 0 Å². The van der Waals surface area contributed by atoms with E-state index in [9.17, 15) is 18.3 Å². The predicted molar refractivity (Wildman–Crippen MR) is 156 cm³/mol. The van der Waals surface area contributed by atoms with E-state index in [2.05, 4.69) is 20.4 Å². The first-order valence-electron chi connectivity index (χ1n) is 12.5. The van der Waals surface area contributed by atoms with Crippen LogP contribution in [-0.2, 0) is 12.8 Å². The van der Waals surface area contributed by atoms with E-state index in [1.807, 2.05) is 42.2 Å². The van der Waals surface area contributed by atoms with Crippen LogP contribution in [0.1, 0.15) is 11.1 Å². The summed E-state index contributed by atoms with van der Waals surface area (Å²) in [7, 11) is 0. The van der Waals surface area contributed by atoms with Crippen molar-refractivity contribution in [3.63, 3.8) is 0 Å². The lowest BCUT2D eigenvalue weighted by Gasteiger charge is -2.36. The molecule has 7 nitrogen and oxygen atoms in total. The second-order valence-electron chi connectivity index (χ2n) is 9.45. The van der Waals surface area contributed by atoms with Gasteiger partial charge in [-0.25, -0.2) is 0 Å². The molecule has 0 spiro atoms. The third-order valence-corrected chi connectivity index (χ3v) is 7.51. The van der Waals surface area contributed by atoms with Crippen LogP contribution in [0.3, 0.4) is 0 Å². The van der Waals surface area contributed by atoms with Crippen LogP contribution in [0.25, 0.3) is 10.9 Å². The van der Waals surface area contributed by atoms with Gasteiger partial charge >= 0.3 is 6.18 Å². The van der Waals surface area contributed by atoms with Crippen LogP contribution in [0.2, 0.25) is 5.02 Å². The Morgan fingerprint density at radius 2 is 1.75 bits per heavy atom. The summed E-state index contributed by atoms with van der Waals surface area (Å²) in [4.78, 5) is 4.07. The summed E-state index contributed by atoms with van der Waals surface area (Å²) < 4.78 is 41.2. The van der Waals surface area contributed by atoms with E-state index in [0.717, 1.165) is 17.1 Å². The van der Waals surface area contributed by atoms with E-state index in [4.69, 9.17) is 23.8 Å². The number of rotatable bonds is 5. The lowest BCUT2D eigenvalue weighted by Crippen LogP contribution is -2.46. The van der Waals surface area contributed by atoms with Crippen molar-refractivity contribution in [2.75, 3.05) is 36.4 Å². The van der Waals surface area contributed by atoms with Crippen LogP contribution in [0.5, 0.6) is 5.88 Å². The minimum Gasteiger partial charge on any atom is -0.493 e. The van der Waals surface area contributed by atoms with Gasteiger partial charge in [-0.3, -0.25) is 9.47 Å². The molecule has 0 amide bonds. The Kier molecular flexibility index (Phi) is 7.97. The summed E-state index contributed by atoms with van der Waals surface area (Å²) >= 11 is 11.5. The Morgan fingerprint density at radius 3 is 2.50 bits per heavy atom. The summed E-state index contributed by atoms with van der Waals surface area (Å²) in [5, 5.41) is 24.0. The highest BCUT2D eigenvalue weighted by atomic mass is 35.5. The van der Waals surface area contributed by atoms with Crippen LogP contribution in [0.15, 0.2) is 77.0 Å². The zero-order chi connectivity index (χ0) is 28.4. The Balaban J connectivity index is 1.30. The van der Waals surface area contributed by atoms with Crippen molar-refractivity contribution in [2.24, 2.45) is 10.2 Å². The van der Waals surface area contributed by atoms with Crippen molar-refractivity contribution in [1.29, 1.82) is 0 Å². The fourth-order valence-corrected chi connectivity index (χ4v) is 5.04. The van der Waals surface area contributed by atoms with Crippen molar-refractivity contribution in [1.82, 2.24) is 9.47 Å². The van der Waals surface area contributed by atoms with Gasteiger partial charge in [0.15, 0.2) is 5.69 Å². The molecular formula is C28H26ClF3N6OS. The number of nitrogens with one attached hydrogen (secondary N) is 1. The summed E-state index contributed by atoms with van der Waals surface area (Å²) in [5.41, 5.74) is 2.50. The van der Waals surface area contributed by atoms with Crippen molar-refractivity contribution in [3.05, 3.63) is 82.9 Å². The van der Waals surface area contributed by atoms with Gasteiger partial charge in [0, 0.05) is 48.0 Å². The molecule has 0 aliphatic carbocycles. The quantitative estimate of drug-likeness (QED) is 0.186. The largest absolute Gasteiger partial charge is 0.493 e. The van der Waals surface area contributed by atoms with Crippen molar-refractivity contribution >= 4 is 56.9 Å². The van der Waals surface area contributed by atoms with Gasteiger partial charge in [0.2, 0.25) is 11.0 Å². The fourth-order valence-electron chi connectivity index (χ4n) is 4.72. The lowest BCUT2D eigenvalue weighted by molar-refractivity contribution is -0.137. The number of anilines is 2. The molecule has 208 valence electrons. The molecule has 1 fully saturated rings. The van der Waals surface area contributed by atoms with Gasteiger partial charge in [0.05, 0.1) is 17.7 Å². The number of para-hydroxylation sites is 1. The van der Waals surface area contributed by atoms with E-state index in [0.29, 0.717) is 60.3 Å². The van der Waals surface area contributed by atoms with Crippen LogP contribution in [0.4, 0.5) is 30.2 Å². The molecule has 0 atom stereocenters. The Bertz CT molecular complexity index is 1580. The highest BCUT2D eigenvalue weighted by Gasteiger charge is 2.31. The van der Waals surface area contributed by atoms with E-state index in [-0.39, 0.29) is 11.0 Å². The first-order valence-corrected chi connectivity index (χ1v) is 13.3. The molecule has 0 unspecified atom stereocenters. The lowest BCUT2D eigenvalue weighted by atomic mass is 10.1. The standard InChI is InChI=1S/C28H26ClF3N6OS/c1-18-22(29)9-5-10-23(18)33-27(40)35-34-25-21-8-2-3-11-24(21)38(26(25)39)17-36-12-14-37(15-13-36)20-7-4-6-19(16-20)28(30,31)32/h2-11,16,39H,12-15,17H2,1H3,(H,33,40). The van der Waals surface area contributed by atoms with Crippen molar-refractivity contribution < 1.29 is 18.3 Å². The molecule has 0 bridgehead atoms. The number of aromatic nitrogens is 1.